The Bertz CT molecular complexity index is 589. The maximum Gasteiger partial charge on any atom is 0.337 e. The van der Waals surface area contributed by atoms with Gasteiger partial charge in [0, 0.05) is 11.8 Å². The molecule has 3 aliphatic rings. The van der Waals surface area contributed by atoms with Crippen molar-refractivity contribution in [3.8, 4) is 0 Å². The van der Waals surface area contributed by atoms with E-state index in [1.54, 1.807) is 19.9 Å². The van der Waals surface area contributed by atoms with Crippen molar-refractivity contribution < 1.29 is 23.9 Å². The zero-order valence-corrected chi connectivity index (χ0v) is 12.8. The maximum absolute atomic E-state index is 12.3. The van der Waals surface area contributed by atoms with Crippen molar-refractivity contribution >= 4 is 17.8 Å². The smallest absolute Gasteiger partial charge is 0.337 e. The summed E-state index contributed by atoms with van der Waals surface area (Å²) in [6, 6.07) is 0. The second-order valence-corrected chi connectivity index (χ2v) is 5.62. The van der Waals surface area contributed by atoms with Crippen molar-refractivity contribution in [3.63, 3.8) is 0 Å². The van der Waals surface area contributed by atoms with E-state index in [0.29, 0.717) is 0 Å². The zero-order valence-electron chi connectivity index (χ0n) is 12.8. The van der Waals surface area contributed by atoms with Gasteiger partial charge in [0.1, 0.15) is 0 Å². The summed E-state index contributed by atoms with van der Waals surface area (Å²) in [5.74, 6) is -2.42. The van der Waals surface area contributed by atoms with E-state index in [9.17, 15) is 14.4 Å². The van der Waals surface area contributed by atoms with Crippen molar-refractivity contribution in [2.45, 2.75) is 26.3 Å². The number of hydrogen-bond donors (Lipinski definition) is 1. The quantitative estimate of drug-likeness (QED) is 0.599. The molecule has 0 aromatic carbocycles. The summed E-state index contributed by atoms with van der Waals surface area (Å²) >= 11 is 0. The largest absolute Gasteiger partial charge is 0.466 e. The fourth-order valence-corrected chi connectivity index (χ4v) is 3.31. The van der Waals surface area contributed by atoms with E-state index < -0.39 is 29.3 Å². The second kappa shape index (κ2) is 5.02. The van der Waals surface area contributed by atoms with Crippen LogP contribution in [0.1, 0.15) is 20.8 Å². The SMILES string of the molecule is COC(=O)C1=C(C(=O)OC)[C@@]2(C)C=C(C)[C@H]1[C@@H](C)C(=O)N2. The summed E-state index contributed by atoms with van der Waals surface area (Å²) in [6.45, 7) is 5.25. The number of fused-ring (bicyclic) bond motifs is 2. The van der Waals surface area contributed by atoms with Gasteiger partial charge in [0.05, 0.1) is 30.9 Å². The Balaban J connectivity index is 2.77. The summed E-state index contributed by atoms with van der Waals surface area (Å²) in [6.07, 6.45) is 1.80. The number of carbonyl (C=O) groups is 3. The maximum atomic E-state index is 12.3. The third-order valence-electron chi connectivity index (χ3n) is 4.20. The molecule has 6 nitrogen and oxygen atoms in total. The van der Waals surface area contributed by atoms with Crippen molar-refractivity contribution in [1.82, 2.24) is 5.32 Å². The van der Waals surface area contributed by atoms with E-state index in [-0.39, 0.29) is 17.1 Å². The third kappa shape index (κ3) is 2.14. The molecule has 114 valence electrons. The predicted octanol–water partition coefficient (Wildman–Crippen LogP) is 0.730. The highest BCUT2D eigenvalue weighted by Crippen LogP contribution is 2.44. The fourth-order valence-electron chi connectivity index (χ4n) is 3.31. The summed E-state index contributed by atoms with van der Waals surface area (Å²) in [7, 11) is 2.50. The van der Waals surface area contributed by atoms with Crippen LogP contribution in [-0.4, -0.2) is 37.6 Å². The van der Waals surface area contributed by atoms with E-state index in [0.717, 1.165) is 5.57 Å². The van der Waals surface area contributed by atoms with Gasteiger partial charge in [-0.3, -0.25) is 4.79 Å². The van der Waals surface area contributed by atoms with Gasteiger partial charge in [-0.15, -0.1) is 0 Å². The Kier molecular flexibility index (Phi) is 3.65. The Morgan fingerprint density at radius 3 is 2.33 bits per heavy atom. The zero-order chi connectivity index (χ0) is 15.9. The molecule has 2 bridgehead atoms. The predicted molar refractivity (Wildman–Crippen MR) is 74.0 cm³/mol. The number of methoxy groups -OCH3 is 2. The van der Waals surface area contributed by atoms with E-state index in [1.807, 2.05) is 6.92 Å². The van der Waals surface area contributed by atoms with Crippen LogP contribution in [0.3, 0.4) is 0 Å². The minimum atomic E-state index is -1.07. The van der Waals surface area contributed by atoms with Gasteiger partial charge in [0.2, 0.25) is 5.91 Å². The van der Waals surface area contributed by atoms with Crippen LogP contribution in [0.15, 0.2) is 22.8 Å². The highest BCUT2D eigenvalue weighted by molar-refractivity contribution is 6.06. The van der Waals surface area contributed by atoms with Gasteiger partial charge in [-0.2, -0.15) is 0 Å². The van der Waals surface area contributed by atoms with Crippen LogP contribution < -0.4 is 5.32 Å². The lowest BCUT2D eigenvalue weighted by atomic mass is 9.72. The van der Waals surface area contributed by atoms with Gasteiger partial charge in [-0.1, -0.05) is 18.6 Å². The molecule has 3 rings (SSSR count). The van der Waals surface area contributed by atoms with Crippen LogP contribution in [0.2, 0.25) is 0 Å². The van der Waals surface area contributed by atoms with Crippen LogP contribution in [0.5, 0.6) is 0 Å². The highest BCUT2D eigenvalue weighted by atomic mass is 16.5. The molecule has 0 saturated carbocycles. The van der Waals surface area contributed by atoms with E-state index in [2.05, 4.69) is 5.32 Å². The van der Waals surface area contributed by atoms with Crippen LogP contribution in [0, 0.1) is 11.8 Å². The van der Waals surface area contributed by atoms with Crippen LogP contribution in [0.4, 0.5) is 0 Å². The van der Waals surface area contributed by atoms with Gasteiger partial charge in [0.15, 0.2) is 0 Å². The highest BCUT2D eigenvalue weighted by Gasteiger charge is 2.50. The Hall–Kier alpha value is -2.11. The molecule has 0 unspecified atom stereocenters. The van der Waals surface area contributed by atoms with E-state index in [4.69, 9.17) is 9.47 Å². The Labute approximate surface area is 123 Å². The number of nitrogens with one attached hydrogen (secondary N) is 1. The molecular weight excluding hydrogens is 274 g/mol. The molecule has 1 amide bonds. The van der Waals surface area contributed by atoms with Gasteiger partial charge < -0.3 is 14.8 Å². The van der Waals surface area contributed by atoms with Gasteiger partial charge >= 0.3 is 11.9 Å². The molecule has 0 aromatic rings. The van der Waals surface area contributed by atoms with Crippen molar-refractivity contribution in [3.05, 3.63) is 22.8 Å². The van der Waals surface area contributed by atoms with Gasteiger partial charge in [-0.25, -0.2) is 9.59 Å². The summed E-state index contributed by atoms with van der Waals surface area (Å²) < 4.78 is 9.64. The summed E-state index contributed by atoms with van der Waals surface area (Å²) in [4.78, 5) is 36.7. The molecule has 1 aliphatic carbocycles. The Morgan fingerprint density at radius 1 is 1.24 bits per heavy atom. The summed E-state index contributed by atoms with van der Waals surface area (Å²) in [5, 5.41) is 2.82. The first-order valence-electron chi connectivity index (χ1n) is 6.69. The molecule has 0 fully saturated rings. The lowest BCUT2D eigenvalue weighted by molar-refractivity contribution is -0.140. The minimum absolute atomic E-state index is 0.144. The number of esters is 2. The molecule has 0 spiro atoms. The molecule has 1 N–H and O–H groups in total. The normalized spacial score (nSPS) is 31.3. The standard InChI is InChI=1S/C15H19NO5/c1-7-6-15(3)11(14(19)21-5)10(13(18)20-4)9(7)8(2)12(17)16-15/h6,8-9H,1-5H3,(H,16,17)/t8-,9+,15-/m1/s1. The number of rotatable bonds is 2. The first-order valence-corrected chi connectivity index (χ1v) is 6.69. The van der Waals surface area contributed by atoms with Crippen molar-refractivity contribution in [2.24, 2.45) is 11.8 Å². The molecule has 2 aliphatic heterocycles. The lowest BCUT2D eigenvalue weighted by Gasteiger charge is -2.33. The Morgan fingerprint density at radius 2 is 1.81 bits per heavy atom. The second-order valence-electron chi connectivity index (χ2n) is 5.62. The summed E-state index contributed by atoms with van der Waals surface area (Å²) in [5.41, 5.74) is 0.137. The lowest BCUT2D eigenvalue weighted by Crippen LogP contribution is -2.48. The van der Waals surface area contributed by atoms with Gasteiger partial charge in [0.25, 0.3) is 0 Å². The van der Waals surface area contributed by atoms with Crippen LogP contribution in [-0.2, 0) is 23.9 Å². The average Bonchev–Trinajstić information content (AvgIpc) is 2.56. The molecule has 0 aromatic heterocycles. The van der Waals surface area contributed by atoms with Crippen LogP contribution >= 0.6 is 0 Å². The van der Waals surface area contributed by atoms with Crippen molar-refractivity contribution in [1.29, 1.82) is 0 Å². The number of hydrogen-bond acceptors (Lipinski definition) is 5. The number of allylic oxidation sites excluding steroid dienone is 1. The van der Waals surface area contributed by atoms with Crippen LogP contribution in [0.25, 0.3) is 0 Å². The first-order chi connectivity index (χ1) is 9.76. The van der Waals surface area contributed by atoms with Crippen molar-refractivity contribution in [2.75, 3.05) is 14.2 Å². The number of carbonyl (C=O) groups excluding carboxylic acids is 3. The average molecular weight is 293 g/mol. The molecule has 6 heteroatoms. The monoisotopic (exact) mass is 293 g/mol. The molecule has 21 heavy (non-hydrogen) atoms. The van der Waals surface area contributed by atoms with E-state index >= 15 is 0 Å². The third-order valence-corrected chi connectivity index (χ3v) is 4.20. The van der Waals surface area contributed by atoms with E-state index in [1.165, 1.54) is 14.2 Å². The molecule has 0 saturated heterocycles. The molecular formula is C15H19NO5. The first kappa shape index (κ1) is 15.3. The molecule has 2 heterocycles. The van der Waals surface area contributed by atoms with Gasteiger partial charge in [-0.05, 0) is 13.8 Å². The minimum Gasteiger partial charge on any atom is -0.466 e. The fraction of sp³-hybridized carbons (Fsp3) is 0.533. The molecule has 3 atom stereocenters. The number of ether oxygens (including phenoxy) is 2. The number of amides is 1. The molecule has 0 radical (unpaired) electrons. The topological polar surface area (TPSA) is 81.7 Å².